The molecule has 1 aromatic carbocycles. The lowest BCUT2D eigenvalue weighted by molar-refractivity contribution is -0.136. The Morgan fingerprint density at radius 2 is 2.00 bits per heavy atom. The van der Waals surface area contributed by atoms with Crippen molar-refractivity contribution in [3.8, 4) is 0 Å². The van der Waals surface area contributed by atoms with Gasteiger partial charge in [-0.2, -0.15) is 5.10 Å². The summed E-state index contributed by atoms with van der Waals surface area (Å²) in [6.07, 6.45) is 3.00. The number of nitrogens with one attached hydrogen (secondary N) is 1. The second-order valence-corrected chi connectivity index (χ2v) is 5.14. The van der Waals surface area contributed by atoms with Crippen LogP contribution in [0.5, 0.6) is 0 Å². The highest BCUT2D eigenvalue weighted by atomic mass is 16.2. The number of carbonyl (C=O) groups excluding carboxylic acids is 2. The van der Waals surface area contributed by atoms with E-state index in [1.54, 1.807) is 12.3 Å². The molecule has 0 aliphatic carbocycles. The zero-order valence-electron chi connectivity index (χ0n) is 13.6. The van der Waals surface area contributed by atoms with E-state index in [-0.39, 0.29) is 17.9 Å². The highest BCUT2D eigenvalue weighted by Crippen LogP contribution is 2.18. The molecule has 2 aromatic rings. The van der Waals surface area contributed by atoms with Gasteiger partial charge in [-0.25, -0.2) is 4.68 Å². The molecule has 2 heterocycles. The third-order valence-corrected chi connectivity index (χ3v) is 3.79. The molecule has 1 aromatic heterocycles. The molecular weight excluding hydrogens is 294 g/mol. The van der Waals surface area contributed by atoms with Gasteiger partial charge >= 0.3 is 0 Å². The molecule has 1 aliphatic rings. The van der Waals surface area contributed by atoms with Gasteiger partial charge in [-0.3, -0.25) is 19.7 Å². The summed E-state index contributed by atoms with van der Waals surface area (Å²) in [6.45, 7) is 6.04. The normalized spacial score (nSPS) is 17.4. The molecule has 122 valence electrons. The van der Waals surface area contributed by atoms with Crippen LogP contribution in [0.25, 0.3) is 10.8 Å². The van der Waals surface area contributed by atoms with Gasteiger partial charge in [-0.05, 0) is 30.5 Å². The molecule has 1 saturated heterocycles. The third-order valence-electron chi connectivity index (χ3n) is 3.79. The number of aryl methyl sites for hydroxylation is 1. The van der Waals surface area contributed by atoms with Crippen molar-refractivity contribution in [3.63, 3.8) is 0 Å². The number of hydrogen-bond acceptors (Lipinski definition) is 4. The number of benzene rings is 1. The van der Waals surface area contributed by atoms with Gasteiger partial charge in [0.25, 0.3) is 11.5 Å². The molecule has 1 N–H and O–H groups in total. The van der Waals surface area contributed by atoms with Crippen molar-refractivity contribution in [2.24, 2.45) is 0 Å². The van der Waals surface area contributed by atoms with E-state index in [4.69, 9.17) is 0 Å². The van der Waals surface area contributed by atoms with E-state index in [0.717, 1.165) is 17.4 Å². The molecule has 0 bridgehead atoms. The minimum atomic E-state index is -0.717. The lowest BCUT2D eigenvalue weighted by Crippen LogP contribution is -2.45. The van der Waals surface area contributed by atoms with Gasteiger partial charge in [0.2, 0.25) is 5.91 Å². The minimum Gasteiger partial charge on any atom is -0.295 e. The summed E-state index contributed by atoms with van der Waals surface area (Å²) in [7, 11) is 0. The van der Waals surface area contributed by atoms with Crippen LogP contribution in [0, 0.1) is 0 Å². The summed E-state index contributed by atoms with van der Waals surface area (Å²) in [5, 5.41) is 7.66. The van der Waals surface area contributed by atoms with Crippen LogP contribution in [0.2, 0.25) is 0 Å². The Kier molecular flexibility index (Phi) is 5.26. The summed E-state index contributed by atoms with van der Waals surface area (Å²) >= 11 is 0. The van der Waals surface area contributed by atoms with E-state index >= 15 is 0 Å². The number of imide groups is 1. The summed E-state index contributed by atoms with van der Waals surface area (Å²) in [5.41, 5.74) is 0.826. The highest BCUT2D eigenvalue weighted by molar-refractivity contribution is 5.99. The average molecular weight is 315 g/mol. The van der Waals surface area contributed by atoms with E-state index in [9.17, 15) is 14.4 Å². The Morgan fingerprint density at radius 3 is 2.65 bits per heavy atom. The number of nitrogens with zero attached hydrogens (tertiary/aromatic N) is 2. The average Bonchev–Trinajstić information content (AvgIpc) is 2.57. The number of rotatable bonds is 2. The number of amides is 2. The highest BCUT2D eigenvalue weighted by Gasteiger charge is 2.29. The number of aromatic nitrogens is 2. The Morgan fingerprint density at radius 1 is 1.26 bits per heavy atom. The second kappa shape index (κ2) is 7.17. The lowest BCUT2D eigenvalue weighted by Gasteiger charge is -2.21. The maximum Gasteiger partial charge on any atom is 0.275 e. The maximum absolute atomic E-state index is 12.5. The van der Waals surface area contributed by atoms with E-state index in [0.29, 0.717) is 11.8 Å². The molecule has 6 nitrogen and oxygen atoms in total. The Balaban J connectivity index is 0.000000924. The van der Waals surface area contributed by atoms with Crippen molar-refractivity contribution in [2.75, 3.05) is 0 Å². The first-order valence-corrected chi connectivity index (χ1v) is 7.94. The van der Waals surface area contributed by atoms with Gasteiger partial charge in [0.1, 0.15) is 6.04 Å². The van der Waals surface area contributed by atoms with Crippen LogP contribution < -0.4 is 10.9 Å². The summed E-state index contributed by atoms with van der Waals surface area (Å²) in [6, 6.07) is 4.88. The zero-order valence-corrected chi connectivity index (χ0v) is 13.6. The molecule has 0 radical (unpaired) electrons. The third kappa shape index (κ3) is 3.31. The summed E-state index contributed by atoms with van der Waals surface area (Å²) in [5.74, 6) is -0.775. The molecule has 1 aliphatic heterocycles. The van der Waals surface area contributed by atoms with Crippen LogP contribution in [0.3, 0.4) is 0 Å². The molecule has 1 unspecified atom stereocenters. The number of piperidine rings is 1. The maximum atomic E-state index is 12.5. The minimum absolute atomic E-state index is 0.220. The van der Waals surface area contributed by atoms with Crippen LogP contribution in [-0.2, 0) is 16.0 Å². The van der Waals surface area contributed by atoms with Gasteiger partial charge in [0, 0.05) is 11.8 Å². The fraction of sp³-hybridized carbons (Fsp3) is 0.412. The largest absolute Gasteiger partial charge is 0.295 e. The van der Waals surface area contributed by atoms with E-state index in [1.165, 1.54) is 4.68 Å². The molecule has 0 saturated carbocycles. The first-order chi connectivity index (χ1) is 11.1. The SMILES string of the molecule is CC.CCc1ccc2c(=O)n(C3CCC(=O)NC3=O)ncc2c1. The summed E-state index contributed by atoms with van der Waals surface area (Å²) < 4.78 is 1.18. The topological polar surface area (TPSA) is 81.1 Å². The van der Waals surface area contributed by atoms with Crippen LogP contribution in [0.15, 0.2) is 29.2 Å². The number of hydrogen-bond donors (Lipinski definition) is 1. The van der Waals surface area contributed by atoms with E-state index in [1.807, 2.05) is 32.9 Å². The molecule has 6 heteroatoms. The Bertz CT molecular complexity index is 795. The van der Waals surface area contributed by atoms with Gasteiger partial charge in [0.15, 0.2) is 0 Å². The first kappa shape index (κ1) is 16.9. The van der Waals surface area contributed by atoms with E-state index < -0.39 is 11.9 Å². The fourth-order valence-electron chi connectivity index (χ4n) is 2.57. The van der Waals surface area contributed by atoms with Gasteiger partial charge in [-0.1, -0.05) is 26.8 Å². The lowest BCUT2D eigenvalue weighted by atomic mass is 10.1. The summed E-state index contributed by atoms with van der Waals surface area (Å²) in [4.78, 5) is 35.5. The van der Waals surface area contributed by atoms with Crippen molar-refractivity contribution < 1.29 is 9.59 Å². The van der Waals surface area contributed by atoms with Crippen molar-refractivity contribution in [3.05, 3.63) is 40.3 Å². The molecule has 1 atom stereocenters. The fourth-order valence-corrected chi connectivity index (χ4v) is 2.57. The predicted molar refractivity (Wildman–Crippen MR) is 88.1 cm³/mol. The van der Waals surface area contributed by atoms with Crippen molar-refractivity contribution >= 4 is 22.6 Å². The number of fused-ring (bicyclic) bond motifs is 1. The molecule has 23 heavy (non-hydrogen) atoms. The van der Waals surface area contributed by atoms with E-state index in [2.05, 4.69) is 10.4 Å². The van der Waals surface area contributed by atoms with Gasteiger partial charge in [0.05, 0.1) is 11.6 Å². The van der Waals surface area contributed by atoms with Gasteiger partial charge < -0.3 is 0 Å². The van der Waals surface area contributed by atoms with Crippen molar-refractivity contribution in [2.45, 2.75) is 46.1 Å². The van der Waals surface area contributed by atoms with Crippen molar-refractivity contribution in [1.29, 1.82) is 0 Å². The van der Waals surface area contributed by atoms with Crippen LogP contribution >= 0.6 is 0 Å². The Hall–Kier alpha value is -2.50. The first-order valence-electron chi connectivity index (χ1n) is 7.94. The molecule has 2 amide bonds. The predicted octanol–water partition coefficient (Wildman–Crippen LogP) is 1.96. The zero-order chi connectivity index (χ0) is 17.0. The second-order valence-electron chi connectivity index (χ2n) is 5.14. The number of carbonyl (C=O) groups is 2. The van der Waals surface area contributed by atoms with Crippen LogP contribution in [-0.4, -0.2) is 21.6 Å². The molecule has 1 fully saturated rings. The molecular formula is C17H21N3O3. The smallest absolute Gasteiger partial charge is 0.275 e. The van der Waals surface area contributed by atoms with Crippen LogP contribution in [0.1, 0.15) is 45.2 Å². The molecule has 0 spiro atoms. The Labute approximate surface area is 134 Å². The quantitative estimate of drug-likeness (QED) is 0.859. The monoisotopic (exact) mass is 315 g/mol. The molecule has 3 rings (SSSR count). The van der Waals surface area contributed by atoms with Crippen LogP contribution in [0.4, 0.5) is 0 Å². The standard InChI is InChI=1S/C15H15N3O3.C2H6/c1-2-9-3-4-11-10(7-9)8-16-18(15(11)21)12-5-6-13(19)17-14(12)20;1-2/h3-4,7-8,12H,2,5-6H2,1H3,(H,17,19,20);1-2H3. The van der Waals surface area contributed by atoms with Crippen molar-refractivity contribution in [1.82, 2.24) is 15.1 Å². The van der Waals surface area contributed by atoms with Gasteiger partial charge in [-0.15, -0.1) is 0 Å².